The molecule has 1 aliphatic rings. The maximum Gasteiger partial charge on any atom is 0.125 e. The van der Waals surface area contributed by atoms with Crippen LogP contribution in [0.3, 0.4) is 0 Å². The maximum atomic E-state index is 10.7. The van der Waals surface area contributed by atoms with Crippen molar-refractivity contribution in [3.8, 4) is 5.75 Å². The number of ether oxygens (including phenoxy) is 1. The van der Waals surface area contributed by atoms with Gasteiger partial charge >= 0.3 is 0 Å². The zero-order valence-electron chi connectivity index (χ0n) is 11.9. The molecule has 0 spiro atoms. The lowest BCUT2D eigenvalue weighted by molar-refractivity contribution is 0.0733. The van der Waals surface area contributed by atoms with Gasteiger partial charge in [-0.25, -0.2) is 0 Å². The topological polar surface area (TPSA) is 29.5 Å². The Morgan fingerprint density at radius 3 is 2.47 bits per heavy atom. The van der Waals surface area contributed by atoms with Gasteiger partial charge < -0.3 is 9.84 Å². The first kappa shape index (κ1) is 14.9. The number of aryl methyl sites for hydroxylation is 1. The van der Waals surface area contributed by atoms with E-state index in [1.807, 2.05) is 19.1 Å². The molecule has 1 aromatic carbocycles. The highest BCUT2D eigenvalue weighted by molar-refractivity contribution is 9.10. The van der Waals surface area contributed by atoms with Gasteiger partial charge in [-0.15, -0.1) is 0 Å². The molecule has 1 unspecified atom stereocenters. The first-order valence-corrected chi connectivity index (χ1v) is 7.84. The van der Waals surface area contributed by atoms with Gasteiger partial charge in [-0.1, -0.05) is 35.7 Å². The fourth-order valence-electron chi connectivity index (χ4n) is 2.93. The van der Waals surface area contributed by atoms with E-state index in [2.05, 4.69) is 22.9 Å². The van der Waals surface area contributed by atoms with E-state index >= 15 is 0 Å². The van der Waals surface area contributed by atoms with Crippen LogP contribution in [-0.4, -0.2) is 12.2 Å². The Bertz CT molecular complexity index is 437. The Kier molecular flexibility index (Phi) is 4.91. The molecule has 19 heavy (non-hydrogen) atoms. The summed E-state index contributed by atoms with van der Waals surface area (Å²) in [5, 5.41) is 10.7. The summed E-state index contributed by atoms with van der Waals surface area (Å²) in [5.41, 5.74) is 2.05. The third-order valence-electron chi connectivity index (χ3n) is 4.34. The molecule has 3 heteroatoms. The van der Waals surface area contributed by atoms with E-state index in [1.54, 1.807) is 7.11 Å². The van der Waals surface area contributed by atoms with E-state index in [1.165, 1.54) is 12.8 Å². The summed E-state index contributed by atoms with van der Waals surface area (Å²) in [6, 6.07) is 4.00. The molecule has 2 nitrogen and oxygen atoms in total. The van der Waals surface area contributed by atoms with E-state index in [9.17, 15) is 5.11 Å². The molecule has 0 radical (unpaired) electrons. The summed E-state index contributed by atoms with van der Waals surface area (Å²) in [6.45, 7) is 4.33. The number of hydrogen-bond acceptors (Lipinski definition) is 2. The third kappa shape index (κ3) is 3.32. The van der Waals surface area contributed by atoms with E-state index < -0.39 is 6.10 Å². The van der Waals surface area contributed by atoms with Gasteiger partial charge in [0.2, 0.25) is 0 Å². The standard InChI is InChI=1S/C16H23BrO2/c1-10-4-6-12(7-5-10)16(18)13-9-14(17)11(2)8-15(13)19-3/h8-10,12,16,18H,4-7H2,1-3H3. The van der Waals surface area contributed by atoms with Crippen molar-refractivity contribution >= 4 is 15.9 Å². The first-order valence-electron chi connectivity index (χ1n) is 7.05. The minimum atomic E-state index is -0.417. The molecular formula is C16H23BrO2. The second-order valence-electron chi connectivity index (χ2n) is 5.81. The van der Waals surface area contributed by atoms with Gasteiger partial charge in [-0.2, -0.15) is 0 Å². The van der Waals surface area contributed by atoms with Gasteiger partial charge in [-0.05, 0) is 49.3 Å². The quantitative estimate of drug-likeness (QED) is 0.877. The van der Waals surface area contributed by atoms with Crippen LogP contribution in [-0.2, 0) is 0 Å². The second kappa shape index (κ2) is 6.27. The van der Waals surface area contributed by atoms with Gasteiger partial charge in [0.15, 0.2) is 0 Å². The van der Waals surface area contributed by atoms with E-state index in [4.69, 9.17) is 4.74 Å². The summed E-state index contributed by atoms with van der Waals surface area (Å²) in [7, 11) is 1.67. The van der Waals surface area contributed by atoms with Crippen LogP contribution in [0, 0.1) is 18.8 Å². The zero-order chi connectivity index (χ0) is 14.0. The number of benzene rings is 1. The van der Waals surface area contributed by atoms with Crippen LogP contribution in [0.4, 0.5) is 0 Å². The summed E-state index contributed by atoms with van der Waals surface area (Å²) >= 11 is 3.54. The number of methoxy groups -OCH3 is 1. The molecular weight excluding hydrogens is 304 g/mol. The predicted molar refractivity (Wildman–Crippen MR) is 81.5 cm³/mol. The number of aliphatic hydroxyl groups is 1. The van der Waals surface area contributed by atoms with Gasteiger partial charge in [0.1, 0.15) is 5.75 Å². The molecule has 1 saturated carbocycles. The van der Waals surface area contributed by atoms with Gasteiger partial charge in [-0.3, -0.25) is 0 Å². The Labute approximate surface area is 124 Å². The Morgan fingerprint density at radius 1 is 1.26 bits per heavy atom. The first-order chi connectivity index (χ1) is 9.02. The van der Waals surface area contributed by atoms with Crippen LogP contribution in [0.25, 0.3) is 0 Å². The number of hydrogen-bond donors (Lipinski definition) is 1. The second-order valence-corrected chi connectivity index (χ2v) is 6.66. The molecule has 1 aliphatic carbocycles. The van der Waals surface area contributed by atoms with Crippen molar-refractivity contribution in [2.75, 3.05) is 7.11 Å². The van der Waals surface area contributed by atoms with Gasteiger partial charge in [0, 0.05) is 10.0 Å². The normalized spacial score (nSPS) is 25.1. The Morgan fingerprint density at radius 2 is 1.89 bits per heavy atom. The van der Waals surface area contributed by atoms with Crippen LogP contribution in [0.15, 0.2) is 16.6 Å². The summed E-state index contributed by atoms with van der Waals surface area (Å²) in [6.07, 6.45) is 4.24. The Hall–Kier alpha value is -0.540. The van der Waals surface area contributed by atoms with E-state index in [0.717, 1.165) is 40.1 Å². The average Bonchev–Trinajstić information content (AvgIpc) is 2.41. The number of halogens is 1. The average molecular weight is 327 g/mol. The third-order valence-corrected chi connectivity index (χ3v) is 5.19. The minimum Gasteiger partial charge on any atom is -0.496 e. The molecule has 0 aromatic heterocycles. The lowest BCUT2D eigenvalue weighted by Crippen LogP contribution is -2.19. The highest BCUT2D eigenvalue weighted by atomic mass is 79.9. The summed E-state index contributed by atoms with van der Waals surface area (Å²) in [4.78, 5) is 0. The Balaban J connectivity index is 2.22. The highest BCUT2D eigenvalue weighted by Crippen LogP contribution is 2.40. The van der Waals surface area contributed by atoms with Gasteiger partial charge in [0.05, 0.1) is 13.2 Å². The molecule has 0 saturated heterocycles. The summed E-state index contributed by atoms with van der Waals surface area (Å²) in [5.74, 6) is 1.96. The molecule has 0 bridgehead atoms. The molecule has 0 heterocycles. The highest BCUT2D eigenvalue weighted by Gasteiger charge is 2.28. The van der Waals surface area contributed by atoms with Crippen molar-refractivity contribution in [2.24, 2.45) is 11.8 Å². The maximum absolute atomic E-state index is 10.7. The van der Waals surface area contributed by atoms with Crippen molar-refractivity contribution in [2.45, 2.75) is 45.6 Å². The minimum absolute atomic E-state index is 0.361. The molecule has 2 rings (SSSR count). The molecule has 0 aliphatic heterocycles. The molecule has 1 aromatic rings. The summed E-state index contributed by atoms with van der Waals surface area (Å²) < 4.78 is 6.47. The van der Waals surface area contributed by atoms with Crippen LogP contribution in [0.2, 0.25) is 0 Å². The van der Waals surface area contributed by atoms with Crippen LogP contribution in [0.1, 0.15) is 49.8 Å². The lowest BCUT2D eigenvalue weighted by atomic mass is 9.78. The predicted octanol–water partition coefficient (Wildman–Crippen LogP) is 4.63. The molecule has 1 atom stereocenters. The smallest absolute Gasteiger partial charge is 0.125 e. The largest absolute Gasteiger partial charge is 0.496 e. The van der Waals surface area contributed by atoms with Crippen molar-refractivity contribution in [1.82, 2.24) is 0 Å². The molecule has 1 fully saturated rings. The van der Waals surface area contributed by atoms with Crippen LogP contribution >= 0.6 is 15.9 Å². The molecule has 0 amide bonds. The van der Waals surface area contributed by atoms with Crippen LogP contribution < -0.4 is 4.74 Å². The monoisotopic (exact) mass is 326 g/mol. The van der Waals surface area contributed by atoms with E-state index in [-0.39, 0.29) is 0 Å². The zero-order valence-corrected chi connectivity index (χ0v) is 13.5. The number of aliphatic hydroxyl groups excluding tert-OH is 1. The van der Waals surface area contributed by atoms with Crippen LogP contribution in [0.5, 0.6) is 5.75 Å². The van der Waals surface area contributed by atoms with Crippen molar-refractivity contribution in [1.29, 1.82) is 0 Å². The molecule has 1 N–H and O–H groups in total. The van der Waals surface area contributed by atoms with Gasteiger partial charge in [0.25, 0.3) is 0 Å². The SMILES string of the molecule is COc1cc(C)c(Br)cc1C(O)C1CCC(C)CC1. The van der Waals surface area contributed by atoms with Crippen molar-refractivity contribution < 1.29 is 9.84 Å². The van der Waals surface area contributed by atoms with Crippen molar-refractivity contribution in [3.05, 3.63) is 27.7 Å². The number of rotatable bonds is 3. The van der Waals surface area contributed by atoms with Crippen molar-refractivity contribution in [3.63, 3.8) is 0 Å². The fraction of sp³-hybridized carbons (Fsp3) is 0.625. The fourth-order valence-corrected chi connectivity index (χ4v) is 3.29. The molecule has 106 valence electrons. The lowest BCUT2D eigenvalue weighted by Gasteiger charge is -2.30. The van der Waals surface area contributed by atoms with E-state index in [0.29, 0.717) is 5.92 Å².